The number of rotatable bonds is 4. The van der Waals surface area contributed by atoms with Crippen molar-refractivity contribution in [2.75, 3.05) is 13.1 Å². The predicted molar refractivity (Wildman–Crippen MR) is 95.2 cm³/mol. The van der Waals surface area contributed by atoms with Crippen LogP contribution in [-0.2, 0) is 4.79 Å². The van der Waals surface area contributed by atoms with Crippen molar-refractivity contribution in [3.05, 3.63) is 35.9 Å². The zero-order valence-corrected chi connectivity index (χ0v) is 14.9. The Balaban J connectivity index is 1.95. The smallest absolute Gasteiger partial charge is 0.141 e. The average Bonchev–Trinajstić information content (AvgIpc) is 3.05. The molecule has 2 aliphatic rings. The fourth-order valence-electron chi connectivity index (χ4n) is 4.74. The van der Waals surface area contributed by atoms with Crippen LogP contribution in [0.25, 0.3) is 0 Å². The zero-order valence-electron chi connectivity index (χ0n) is 14.9. The zero-order chi connectivity index (χ0) is 16.4. The first-order valence-corrected chi connectivity index (χ1v) is 9.42. The molecule has 2 unspecified atom stereocenters. The number of carbonyl (C=O) groups excluding carboxylic acids is 1. The first-order chi connectivity index (χ1) is 11.1. The predicted octanol–water partition coefficient (Wildman–Crippen LogP) is 4.71. The third-order valence-electron chi connectivity index (χ3n) is 6.06. The third-order valence-corrected chi connectivity index (χ3v) is 6.06. The number of hydrogen-bond donors (Lipinski definition) is 0. The molecule has 1 heterocycles. The standard InChI is InChI=1S/C21H31NO/c1-15(2)18-12-11-16(3)19(21(18)23)20(22-13-7-8-14-22)17-9-5-4-6-10-17/h4-6,9-10,15-16,18-20H,7-8,11-14H2,1-3H3/t16-,18+,19?,20?/m1/s1. The number of nitrogens with zero attached hydrogens (tertiary/aromatic N) is 1. The molecule has 1 aromatic carbocycles. The Bertz CT molecular complexity index is 518. The number of benzene rings is 1. The molecule has 2 fully saturated rings. The van der Waals surface area contributed by atoms with Gasteiger partial charge >= 0.3 is 0 Å². The molecule has 1 saturated heterocycles. The lowest BCUT2D eigenvalue weighted by Crippen LogP contribution is -2.44. The van der Waals surface area contributed by atoms with Gasteiger partial charge in [-0.1, -0.05) is 51.1 Å². The summed E-state index contributed by atoms with van der Waals surface area (Å²) in [5, 5.41) is 0. The van der Waals surface area contributed by atoms with Gasteiger partial charge in [0.15, 0.2) is 0 Å². The Kier molecular flexibility index (Phi) is 5.21. The van der Waals surface area contributed by atoms with Gasteiger partial charge in [-0.3, -0.25) is 9.69 Å². The summed E-state index contributed by atoms with van der Waals surface area (Å²) in [6.07, 6.45) is 4.81. The molecule has 126 valence electrons. The number of likely N-dealkylation sites (tertiary alicyclic amines) is 1. The lowest BCUT2D eigenvalue weighted by molar-refractivity contribution is -0.136. The molecule has 1 aliphatic heterocycles. The molecular formula is C21H31NO. The Labute approximate surface area is 141 Å². The van der Waals surface area contributed by atoms with E-state index in [0.29, 0.717) is 17.6 Å². The molecule has 0 N–H and O–H groups in total. The lowest BCUT2D eigenvalue weighted by atomic mass is 9.66. The van der Waals surface area contributed by atoms with Crippen LogP contribution in [-0.4, -0.2) is 23.8 Å². The molecule has 0 bridgehead atoms. The maximum Gasteiger partial charge on any atom is 0.141 e. The quantitative estimate of drug-likeness (QED) is 0.802. The summed E-state index contributed by atoms with van der Waals surface area (Å²) in [5.41, 5.74) is 1.34. The summed E-state index contributed by atoms with van der Waals surface area (Å²) in [4.78, 5) is 15.9. The summed E-state index contributed by atoms with van der Waals surface area (Å²) in [6, 6.07) is 11.0. The van der Waals surface area contributed by atoms with Crippen LogP contribution in [0.1, 0.15) is 58.1 Å². The lowest BCUT2D eigenvalue weighted by Gasteiger charge is -2.42. The van der Waals surface area contributed by atoms with Crippen molar-refractivity contribution in [3.8, 4) is 0 Å². The number of ketones is 1. The molecule has 1 saturated carbocycles. The van der Waals surface area contributed by atoms with Gasteiger partial charge < -0.3 is 0 Å². The minimum Gasteiger partial charge on any atom is -0.299 e. The first kappa shape index (κ1) is 16.7. The van der Waals surface area contributed by atoms with Crippen molar-refractivity contribution in [2.24, 2.45) is 23.7 Å². The van der Waals surface area contributed by atoms with E-state index in [9.17, 15) is 4.79 Å². The van der Waals surface area contributed by atoms with E-state index in [0.717, 1.165) is 19.5 Å². The second kappa shape index (κ2) is 7.17. The van der Waals surface area contributed by atoms with Crippen molar-refractivity contribution in [2.45, 2.75) is 52.5 Å². The molecule has 0 radical (unpaired) electrons. The number of hydrogen-bond acceptors (Lipinski definition) is 2. The van der Waals surface area contributed by atoms with Gasteiger partial charge in [-0.2, -0.15) is 0 Å². The van der Waals surface area contributed by atoms with Gasteiger partial charge in [-0.15, -0.1) is 0 Å². The van der Waals surface area contributed by atoms with Crippen LogP contribution < -0.4 is 0 Å². The van der Waals surface area contributed by atoms with Crippen molar-refractivity contribution in [1.82, 2.24) is 4.90 Å². The molecular weight excluding hydrogens is 282 g/mol. The highest BCUT2D eigenvalue weighted by Crippen LogP contribution is 2.44. The Hall–Kier alpha value is -1.15. The van der Waals surface area contributed by atoms with E-state index >= 15 is 0 Å². The minimum absolute atomic E-state index is 0.164. The van der Waals surface area contributed by atoms with Crippen molar-refractivity contribution in [3.63, 3.8) is 0 Å². The summed E-state index contributed by atoms with van der Waals surface area (Å²) in [7, 11) is 0. The van der Waals surface area contributed by atoms with Crippen LogP contribution in [0, 0.1) is 23.7 Å². The number of Topliss-reactive ketones (excluding diaryl/α,β-unsaturated/α-hetero) is 1. The second-order valence-electron chi connectivity index (χ2n) is 7.93. The van der Waals surface area contributed by atoms with Crippen LogP contribution in [0.15, 0.2) is 30.3 Å². The molecule has 4 atom stereocenters. The monoisotopic (exact) mass is 313 g/mol. The summed E-state index contributed by atoms with van der Waals surface area (Å²) in [5.74, 6) is 1.90. The topological polar surface area (TPSA) is 20.3 Å². The van der Waals surface area contributed by atoms with Gasteiger partial charge in [0.05, 0.1) is 0 Å². The normalized spacial score (nSPS) is 30.8. The molecule has 23 heavy (non-hydrogen) atoms. The molecule has 1 aromatic rings. The molecule has 1 aliphatic carbocycles. The van der Waals surface area contributed by atoms with E-state index in [1.807, 2.05) is 0 Å². The van der Waals surface area contributed by atoms with E-state index in [2.05, 4.69) is 56.0 Å². The summed E-state index contributed by atoms with van der Waals surface area (Å²) < 4.78 is 0. The van der Waals surface area contributed by atoms with Crippen molar-refractivity contribution in [1.29, 1.82) is 0 Å². The Morgan fingerprint density at radius 2 is 1.70 bits per heavy atom. The minimum atomic E-state index is 0.164. The third kappa shape index (κ3) is 3.38. The van der Waals surface area contributed by atoms with Gasteiger partial charge in [0, 0.05) is 17.9 Å². The highest BCUT2D eigenvalue weighted by molar-refractivity contribution is 5.85. The average molecular weight is 313 g/mol. The van der Waals surface area contributed by atoms with E-state index in [1.165, 1.54) is 24.8 Å². The van der Waals surface area contributed by atoms with E-state index in [1.54, 1.807) is 0 Å². The van der Waals surface area contributed by atoms with E-state index in [4.69, 9.17) is 0 Å². The van der Waals surface area contributed by atoms with Crippen LogP contribution in [0.5, 0.6) is 0 Å². The van der Waals surface area contributed by atoms with Gasteiger partial charge in [0.1, 0.15) is 5.78 Å². The van der Waals surface area contributed by atoms with Gasteiger partial charge in [-0.05, 0) is 56.2 Å². The van der Waals surface area contributed by atoms with E-state index in [-0.39, 0.29) is 17.9 Å². The van der Waals surface area contributed by atoms with Crippen LogP contribution in [0.2, 0.25) is 0 Å². The molecule has 2 heteroatoms. The fraction of sp³-hybridized carbons (Fsp3) is 0.667. The van der Waals surface area contributed by atoms with Gasteiger partial charge in [0.25, 0.3) is 0 Å². The largest absolute Gasteiger partial charge is 0.299 e. The molecule has 3 rings (SSSR count). The molecule has 2 nitrogen and oxygen atoms in total. The van der Waals surface area contributed by atoms with Crippen LogP contribution >= 0.6 is 0 Å². The molecule has 0 amide bonds. The Morgan fingerprint density at radius 3 is 2.30 bits per heavy atom. The summed E-state index contributed by atoms with van der Waals surface area (Å²) >= 11 is 0. The van der Waals surface area contributed by atoms with Crippen LogP contribution in [0.3, 0.4) is 0 Å². The van der Waals surface area contributed by atoms with Crippen molar-refractivity contribution >= 4 is 5.78 Å². The SMILES string of the molecule is CC(C)[C@@H]1CC[C@@H](C)C(C(c2ccccc2)N2CCCC2)C1=O. The maximum absolute atomic E-state index is 13.3. The van der Waals surface area contributed by atoms with Crippen LogP contribution in [0.4, 0.5) is 0 Å². The van der Waals surface area contributed by atoms with Gasteiger partial charge in [-0.25, -0.2) is 0 Å². The first-order valence-electron chi connectivity index (χ1n) is 9.42. The highest BCUT2D eigenvalue weighted by Gasteiger charge is 2.44. The molecule has 0 spiro atoms. The second-order valence-corrected chi connectivity index (χ2v) is 7.93. The van der Waals surface area contributed by atoms with Crippen molar-refractivity contribution < 1.29 is 4.79 Å². The molecule has 0 aromatic heterocycles. The fourth-order valence-corrected chi connectivity index (χ4v) is 4.74. The summed E-state index contributed by atoms with van der Waals surface area (Å²) in [6.45, 7) is 9.00. The van der Waals surface area contributed by atoms with Gasteiger partial charge in [0.2, 0.25) is 0 Å². The highest BCUT2D eigenvalue weighted by atomic mass is 16.1. The maximum atomic E-state index is 13.3. The van der Waals surface area contributed by atoms with E-state index < -0.39 is 0 Å². The number of carbonyl (C=O) groups is 1. The Morgan fingerprint density at radius 1 is 1.04 bits per heavy atom.